The number of phenols is 1. The number of phenolic OH excluding ortho intramolecular Hbond substituents is 1. The number of imide groups is 1. The van der Waals surface area contributed by atoms with Crippen LogP contribution >= 0.6 is 0 Å². The van der Waals surface area contributed by atoms with Crippen LogP contribution in [-0.2, 0) is 11.3 Å². The Hall–Kier alpha value is -4.73. The number of carbonyl (C=O) groups is 2. The van der Waals surface area contributed by atoms with Gasteiger partial charge in [-0.3, -0.25) is 14.5 Å². The molecule has 0 radical (unpaired) electrons. The number of carbonyl (C=O) groups excluding carboxylic acids is 2. The third kappa shape index (κ3) is 4.35. The Bertz CT molecular complexity index is 1330. The van der Waals surface area contributed by atoms with E-state index >= 15 is 0 Å². The predicted octanol–water partition coefficient (Wildman–Crippen LogP) is 2.71. The van der Waals surface area contributed by atoms with Crippen LogP contribution in [0, 0.1) is 0 Å². The third-order valence-corrected chi connectivity index (χ3v) is 4.96. The first kappa shape index (κ1) is 21.5. The van der Waals surface area contributed by atoms with E-state index in [0.29, 0.717) is 28.1 Å². The quantitative estimate of drug-likeness (QED) is 0.293. The summed E-state index contributed by atoms with van der Waals surface area (Å²) in [5.74, 6) is -0.406. The Labute approximate surface area is 189 Å². The number of nitrogens with two attached hydrogens (primary N) is 1. The SMILES string of the molecule is C=CC(=O)N(CCn1nc(Nc2ccccc2O)c2c(N)ncnc21)C(=O)c1ccccc1. The number of nitrogens with one attached hydrogen (secondary N) is 1. The molecule has 2 amide bonds. The summed E-state index contributed by atoms with van der Waals surface area (Å²) in [6, 6.07) is 15.2. The van der Waals surface area contributed by atoms with Crippen LogP contribution in [0.15, 0.2) is 73.6 Å². The molecule has 0 bridgehead atoms. The summed E-state index contributed by atoms with van der Waals surface area (Å²) >= 11 is 0. The van der Waals surface area contributed by atoms with Crippen molar-refractivity contribution in [1.82, 2.24) is 24.6 Å². The smallest absolute Gasteiger partial charge is 0.260 e. The van der Waals surface area contributed by atoms with Crippen LogP contribution in [0.4, 0.5) is 17.3 Å². The lowest BCUT2D eigenvalue weighted by Gasteiger charge is -2.19. The van der Waals surface area contributed by atoms with Gasteiger partial charge in [0, 0.05) is 12.1 Å². The fourth-order valence-corrected chi connectivity index (χ4v) is 3.33. The highest BCUT2D eigenvalue weighted by Gasteiger charge is 2.22. The molecule has 166 valence electrons. The molecular weight excluding hydrogens is 422 g/mol. The molecule has 10 nitrogen and oxygen atoms in total. The molecule has 0 aliphatic carbocycles. The van der Waals surface area contributed by atoms with Gasteiger partial charge in [-0.05, 0) is 30.3 Å². The number of hydrogen-bond donors (Lipinski definition) is 3. The second-order valence-electron chi connectivity index (χ2n) is 7.04. The van der Waals surface area contributed by atoms with Crippen LogP contribution in [0.3, 0.4) is 0 Å². The van der Waals surface area contributed by atoms with Crippen molar-refractivity contribution in [2.24, 2.45) is 0 Å². The lowest BCUT2D eigenvalue weighted by atomic mass is 10.2. The van der Waals surface area contributed by atoms with E-state index < -0.39 is 11.8 Å². The third-order valence-electron chi connectivity index (χ3n) is 4.96. The van der Waals surface area contributed by atoms with E-state index in [2.05, 4.69) is 27.0 Å². The van der Waals surface area contributed by atoms with Gasteiger partial charge in [0.05, 0.1) is 12.2 Å². The Kier molecular flexibility index (Phi) is 5.98. The zero-order chi connectivity index (χ0) is 23.4. The van der Waals surface area contributed by atoms with E-state index in [4.69, 9.17) is 5.73 Å². The molecule has 2 aromatic heterocycles. The molecule has 0 saturated heterocycles. The van der Waals surface area contributed by atoms with Gasteiger partial charge in [-0.1, -0.05) is 36.9 Å². The van der Waals surface area contributed by atoms with E-state index in [-0.39, 0.29) is 24.7 Å². The number of anilines is 3. The van der Waals surface area contributed by atoms with Crippen molar-refractivity contribution in [2.75, 3.05) is 17.6 Å². The van der Waals surface area contributed by atoms with Gasteiger partial charge in [0.2, 0.25) is 0 Å². The fourth-order valence-electron chi connectivity index (χ4n) is 3.33. The zero-order valence-corrected chi connectivity index (χ0v) is 17.5. The molecule has 0 aliphatic heterocycles. The van der Waals surface area contributed by atoms with E-state index in [1.807, 2.05) is 0 Å². The number of nitrogen functional groups attached to an aromatic ring is 1. The molecule has 4 rings (SSSR count). The first-order chi connectivity index (χ1) is 16.0. The van der Waals surface area contributed by atoms with Gasteiger partial charge in [0.1, 0.15) is 23.3 Å². The molecule has 10 heteroatoms. The monoisotopic (exact) mass is 443 g/mol. The maximum absolute atomic E-state index is 12.9. The number of amides is 2. The number of para-hydroxylation sites is 2. The first-order valence-electron chi connectivity index (χ1n) is 10.0. The van der Waals surface area contributed by atoms with E-state index in [1.165, 1.54) is 17.1 Å². The van der Waals surface area contributed by atoms with Gasteiger partial charge in [-0.15, -0.1) is 0 Å². The van der Waals surface area contributed by atoms with Gasteiger partial charge >= 0.3 is 0 Å². The number of fused-ring (bicyclic) bond motifs is 1. The van der Waals surface area contributed by atoms with Crippen LogP contribution in [0.1, 0.15) is 10.4 Å². The lowest BCUT2D eigenvalue weighted by molar-refractivity contribution is -0.123. The Balaban J connectivity index is 1.66. The zero-order valence-electron chi connectivity index (χ0n) is 17.5. The van der Waals surface area contributed by atoms with Crippen molar-refractivity contribution in [2.45, 2.75) is 6.54 Å². The van der Waals surface area contributed by atoms with Gasteiger partial charge in [-0.2, -0.15) is 5.10 Å². The van der Waals surface area contributed by atoms with E-state index in [9.17, 15) is 14.7 Å². The van der Waals surface area contributed by atoms with Gasteiger partial charge < -0.3 is 16.2 Å². The van der Waals surface area contributed by atoms with Crippen LogP contribution < -0.4 is 11.1 Å². The topological polar surface area (TPSA) is 139 Å². The number of benzene rings is 2. The maximum Gasteiger partial charge on any atom is 0.260 e. The minimum Gasteiger partial charge on any atom is -0.506 e. The van der Waals surface area contributed by atoms with Crippen molar-refractivity contribution in [3.05, 3.63) is 79.1 Å². The molecule has 4 aromatic rings. The minimum absolute atomic E-state index is 0.0231. The maximum atomic E-state index is 12.9. The largest absolute Gasteiger partial charge is 0.506 e. The molecule has 4 N–H and O–H groups in total. The predicted molar refractivity (Wildman–Crippen MR) is 124 cm³/mol. The highest BCUT2D eigenvalue weighted by atomic mass is 16.3. The van der Waals surface area contributed by atoms with Crippen LogP contribution in [0.2, 0.25) is 0 Å². The summed E-state index contributed by atoms with van der Waals surface area (Å²) in [5, 5.41) is 18.1. The molecule has 0 atom stereocenters. The second-order valence-corrected chi connectivity index (χ2v) is 7.04. The normalized spacial score (nSPS) is 10.7. The summed E-state index contributed by atoms with van der Waals surface area (Å²) in [4.78, 5) is 34.7. The van der Waals surface area contributed by atoms with Gasteiger partial charge in [0.25, 0.3) is 11.8 Å². The fraction of sp³-hybridized carbons (Fsp3) is 0.0870. The molecule has 0 aliphatic rings. The van der Waals surface area contributed by atoms with E-state index in [1.54, 1.807) is 48.5 Å². The average Bonchev–Trinajstić information content (AvgIpc) is 3.19. The summed E-state index contributed by atoms with van der Waals surface area (Å²) < 4.78 is 1.53. The highest BCUT2D eigenvalue weighted by molar-refractivity contribution is 6.07. The number of aromatic nitrogens is 4. The number of aromatic hydroxyl groups is 1. The Morgan fingerprint density at radius 3 is 2.58 bits per heavy atom. The van der Waals surface area contributed by atoms with E-state index in [0.717, 1.165) is 11.0 Å². The second kappa shape index (κ2) is 9.18. The minimum atomic E-state index is -0.526. The van der Waals surface area contributed by atoms with Gasteiger partial charge in [0.15, 0.2) is 11.5 Å². The Morgan fingerprint density at radius 1 is 1.12 bits per heavy atom. The molecule has 0 fully saturated rings. The van der Waals surface area contributed by atoms with Crippen molar-refractivity contribution >= 4 is 40.2 Å². The average molecular weight is 443 g/mol. The molecular formula is C23H21N7O3. The van der Waals surface area contributed by atoms with Crippen molar-refractivity contribution < 1.29 is 14.7 Å². The first-order valence-corrected chi connectivity index (χ1v) is 10.0. The highest BCUT2D eigenvalue weighted by Crippen LogP contribution is 2.31. The molecule has 2 aromatic carbocycles. The number of hydrogen-bond acceptors (Lipinski definition) is 8. The number of nitrogens with zero attached hydrogens (tertiary/aromatic N) is 5. The lowest BCUT2D eigenvalue weighted by Crippen LogP contribution is -2.38. The van der Waals surface area contributed by atoms with Crippen molar-refractivity contribution in [3.63, 3.8) is 0 Å². The van der Waals surface area contributed by atoms with Crippen molar-refractivity contribution in [1.29, 1.82) is 0 Å². The molecule has 0 saturated carbocycles. The number of rotatable bonds is 7. The van der Waals surface area contributed by atoms with Crippen molar-refractivity contribution in [3.8, 4) is 5.75 Å². The summed E-state index contributed by atoms with van der Waals surface area (Å²) in [5.41, 5.74) is 7.30. The Morgan fingerprint density at radius 2 is 1.85 bits per heavy atom. The molecule has 33 heavy (non-hydrogen) atoms. The summed E-state index contributed by atoms with van der Waals surface area (Å²) in [6.45, 7) is 3.67. The molecule has 0 spiro atoms. The van der Waals surface area contributed by atoms with Crippen LogP contribution in [-0.4, -0.2) is 48.1 Å². The summed E-state index contributed by atoms with van der Waals surface area (Å²) in [6.07, 6.45) is 2.40. The van der Waals surface area contributed by atoms with Crippen LogP contribution in [0.25, 0.3) is 11.0 Å². The van der Waals surface area contributed by atoms with Gasteiger partial charge in [-0.25, -0.2) is 14.6 Å². The molecule has 2 heterocycles. The van der Waals surface area contributed by atoms with Crippen LogP contribution in [0.5, 0.6) is 5.75 Å². The standard InChI is InChI=1S/C23H21N7O3/c1-2-18(32)29(23(33)15-8-4-3-5-9-15)12-13-30-22-19(20(24)25-14-26-22)21(28-30)27-16-10-6-7-11-17(16)31/h2-11,14,31H,1,12-13H2,(H,27,28)(H2,24,25,26). The summed E-state index contributed by atoms with van der Waals surface area (Å²) in [7, 11) is 0. The molecule has 0 unspecified atom stereocenters.